The summed E-state index contributed by atoms with van der Waals surface area (Å²) in [5.74, 6) is -0.854. The number of halogens is 3. The van der Waals surface area contributed by atoms with E-state index < -0.39 is 41.3 Å². The number of hydrogen-bond acceptors (Lipinski definition) is 5. The minimum Gasteiger partial charge on any atom is -0.293 e. The molecule has 0 aromatic heterocycles. The summed E-state index contributed by atoms with van der Waals surface area (Å²) in [5, 5.41) is 8.91. The lowest BCUT2D eigenvalue weighted by Gasteiger charge is -2.32. The maximum atomic E-state index is 13.2. The Morgan fingerprint density at radius 3 is 2.59 bits per heavy atom. The zero-order chi connectivity index (χ0) is 19.7. The summed E-state index contributed by atoms with van der Waals surface area (Å²) >= 11 is 0. The predicted octanol–water partition coefficient (Wildman–Crippen LogP) is 1.47. The van der Waals surface area contributed by atoms with Crippen LogP contribution in [0.1, 0.15) is 18.1 Å². The molecular formula is C17H14F3N4O3+. The maximum absolute atomic E-state index is 13.2. The van der Waals surface area contributed by atoms with Gasteiger partial charge in [0.25, 0.3) is 5.91 Å². The number of imide groups is 1. The average molecular weight is 379 g/mol. The molecule has 3 amide bonds. The van der Waals surface area contributed by atoms with Crippen LogP contribution in [0.3, 0.4) is 0 Å². The second kappa shape index (κ2) is 5.37. The lowest BCUT2D eigenvalue weighted by atomic mass is 10.1. The molecule has 0 N–H and O–H groups in total. The van der Waals surface area contributed by atoms with Gasteiger partial charge in [-0.15, -0.1) is 0 Å². The normalized spacial score (nSPS) is 32.0. The molecule has 140 valence electrons. The van der Waals surface area contributed by atoms with Crippen molar-refractivity contribution in [2.75, 3.05) is 24.7 Å². The quantitative estimate of drug-likeness (QED) is 0.574. The van der Waals surface area contributed by atoms with E-state index in [-0.39, 0.29) is 29.2 Å². The van der Waals surface area contributed by atoms with Gasteiger partial charge in [0.15, 0.2) is 17.9 Å². The van der Waals surface area contributed by atoms with E-state index in [1.54, 1.807) is 0 Å². The van der Waals surface area contributed by atoms with E-state index in [2.05, 4.69) is 0 Å². The van der Waals surface area contributed by atoms with Crippen molar-refractivity contribution < 1.29 is 32.0 Å². The van der Waals surface area contributed by atoms with Gasteiger partial charge < -0.3 is 0 Å². The lowest BCUT2D eigenvalue weighted by Crippen LogP contribution is -2.62. The fourth-order valence-electron chi connectivity index (χ4n) is 4.44. The van der Waals surface area contributed by atoms with Gasteiger partial charge in [-0.05, 0) is 18.2 Å². The van der Waals surface area contributed by atoms with E-state index in [1.165, 1.54) is 13.0 Å². The van der Waals surface area contributed by atoms with E-state index >= 15 is 0 Å². The van der Waals surface area contributed by atoms with Crippen LogP contribution < -0.4 is 4.90 Å². The molecule has 3 saturated heterocycles. The summed E-state index contributed by atoms with van der Waals surface area (Å²) in [7, 11) is 0. The summed E-state index contributed by atoms with van der Waals surface area (Å²) in [4.78, 5) is 40.6. The predicted molar refractivity (Wildman–Crippen MR) is 84.0 cm³/mol. The summed E-state index contributed by atoms with van der Waals surface area (Å²) in [6, 6.07) is 2.01. The number of carbonyl (C=O) groups excluding carboxylic acids is 3. The zero-order valence-electron chi connectivity index (χ0n) is 14.2. The highest BCUT2D eigenvalue weighted by molar-refractivity contribution is 6.18. The summed E-state index contributed by atoms with van der Waals surface area (Å²) in [6.07, 6.45) is -4.80. The van der Waals surface area contributed by atoms with Gasteiger partial charge in [0.1, 0.15) is 6.67 Å². The number of carbonyl (C=O) groups is 3. The molecule has 3 fully saturated rings. The number of quaternary nitrogens is 1. The topological polar surface area (TPSA) is 81.5 Å². The Balaban J connectivity index is 1.81. The first-order chi connectivity index (χ1) is 12.6. The molecule has 1 spiro atoms. The number of hydrogen-bond donors (Lipinski definition) is 0. The summed E-state index contributed by atoms with van der Waals surface area (Å²) in [6.45, 7) is 2.17. The van der Waals surface area contributed by atoms with E-state index in [4.69, 9.17) is 5.26 Å². The molecule has 3 aliphatic heterocycles. The number of Topliss-reactive ketones (excluding diaryl/α,β-unsaturated/α-hetero) is 1. The molecular weight excluding hydrogens is 365 g/mol. The van der Waals surface area contributed by atoms with Crippen LogP contribution in [0.2, 0.25) is 0 Å². The van der Waals surface area contributed by atoms with Gasteiger partial charge in [-0.2, -0.15) is 23.3 Å². The second-order valence-electron chi connectivity index (χ2n) is 7.05. The Morgan fingerprint density at radius 1 is 1.30 bits per heavy atom. The van der Waals surface area contributed by atoms with Crippen LogP contribution in [0.15, 0.2) is 18.2 Å². The maximum Gasteiger partial charge on any atom is 0.433 e. The van der Waals surface area contributed by atoms with Crippen molar-refractivity contribution in [2.45, 2.75) is 25.2 Å². The molecule has 4 unspecified atom stereocenters. The molecule has 1 aromatic carbocycles. The van der Waals surface area contributed by atoms with Crippen molar-refractivity contribution in [3.8, 4) is 6.07 Å². The molecule has 0 aliphatic carbocycles. The third-order valence-electron chi connectivity index (χ3n) is 5.62. The number of rotatable bonds is 2. The van der Waals surface area contributed by atoms with Crippen LogP contribution in [0, 0.1) is 11.3 Å². The zero-order valence-corrected chi connectivity index (χ0v) is 14.2. The molecule has 4 atom stereocenters. The Morgan fingerprint density at radius 2 is 2.00 bits per heavy atom. The van der Waals surface area contributed by atoms with Crippen LogP contribution in [0.25, 0.3) is 0 Å². The van der Waals surface area contributed by atoms with Gasteiger partial charge in [0.2, 0.25) is 0 Å². The molecule has 0 radical (unpaired) electrons. The SMILES string of the molecule is CC(=O)C1CN2CC3C(=O)N(c4ccc(C#N)c(C(F)(F)F)c4)C(=O)[N+]13C2. The molecule has 0 saturated carbocycles. The molecule has 27 heavy (non-hydrogen) atoms. The highest BCUT2D eigenvalue weighted by atomic mass is 19.4. The van der Waals surface area contributed by atoms with Gasteiger partial charge in [-0.25, -0.2) is 14.2 Å². The number of piperazine rings is 1. The third kappa shape index (κ3) is 2.18. The number of fused-ring (bicyclic) bond motifs is 1. The number of benzene rings is 1. The first-order valence-corrected chi connectivity index (χ1v) is 8.21. The summed E-state index contributed by atoms with van der Waals surface area (Å²) < 4.78 is 39.4. The van der Waals surface area contributed by atoms with Crippen LogP contribution in [-0.2, 0) is 15.8 Å². The Hall–Kier alpha value is -2.77. The van der Waals surface area contributed by atoms with Crippen molar-refractivity contribution in [3.05, 3.63) is 29.3 Å². The fraction of sp³-hybridized carbons (Fsp3) is 0.412. The number of urea groups is 1. The molecule has 2 bridgehead atoms. The van der Waals surface area contributed by atoms with Gasteiger partial charge in [-0.1, -0.05) is 0 Å². The van der Waals surface area contributed by atoms with Gasteiger partial charge in [0, 0.05) is 6.92 Å². The smallest absolute Gasteiger partial charge is 0.293 e. The highest BCUT2D eigenvalue weighted by Crippen LogP contribution is 2.44. The molecule has 4 rings (SSSR count). The van der Waals surface area contributed by atoms with Crippen molar-refractivity contribution in [3.63, 3.8) is 0 Å². The van der Waals surface area contributed by atoms with Gasteiger partial charge in [-0.3, -0.25) is 9.59 Å². The Labute approximate surface area is 151 Å². The molecule has 3 aliphatic rings. The Kier molecular flexibility index (Phi) is 3.51. The molecule has 1 aromatic rings. The lowest BCUT2D eigenvalue weighted by molar-refractivity contribution is -0.852. The van der Waals surface area contributed by atoms with Gasteiger partial charge in [0.05, 0.1) is 36.0 Å². The summed E-state index contributed by atoms with van der Waals surface area (Å²) in [5.41, 5.74) is -2.04. The van der Waals surface area contributed by atoms with Crippen LogP contribution in [0.4, 0.5) is 23.7 Å². The monoisotopic (exact) mass is 379 g/mol. The van der Waals surface area contributed by atoms with Crippen LogP contribution in [0.5, 0.6) is 0 Å². The largest absolute Gasteiger partial charge is 0.433 e. The van der Waals surface area contributed by atoms with Crippen molar-refractivity contribution >= 4 is 23.4 Å². The number of alkyl halides is 3. The standard InChI is InChI=1S/C17H14F3N4O3/c1-9(25)13-6-22-7-14-15(26)23(16(27)24(13,14)8-22)11-3-2-10(5-21)12(4-11)17(18,19)20/h2-4,13-14H,6-8H2,1H3/q+1. The number of ketones is 1. The molecule has 3 heterocycles. The van der Waals surface area contributed by atoms with Crippen molar-refractivity contribution in [1.29, 1.82) is 5.26 Å². The Bertz CT molecular complexity index is 938. The molecule has 10 heteroatoms. The number of anilines is 1. The fourth-order valence-corrected chi connectivity index (χ4v) is 4.44. The van der Waals surface area contributed by atoms with Crippen molar-refractivity contribution in [2.24, 2.45) is 0 Å². The first kappa shape index (κ1) is 17.6. The van der Waals surface area contributed by atoms with E-state index in [0.29, 0.717) is 12.6 Å². The number of amides is 3. The average Bonchev–Trinajstić information content (AvgIpc) is 3.23. The van der Waals surface area contributed by atoms with Crippen molar-refractivity contribution in [1.82, 2.24) is 4.90 Å². The minimum atomic E-state index is -4.80. The second-order valence-corrected chi connectivity index (χ2v) is 7.05. The van der Waals surface area contributed by atoms with Crippen LogP contribution >= 0.6 is 0 Å². The highest BCUT2D eigenvalue weighted by Gasteiger charge is 2.73. The third-order valence-corrected chi connectivity index (χ3v) is 5.62. The van der Waals surface area contributed by atoms with E-state index in [0.717, 1.165) is 17.0 Å². The minimum absolute atomic E-state index is 0.193. The van der Waals surface area contributed by atoms with Crippen LogP contribution in [-0.4, -0.2) is 58.9 Å². The number of nitriles is 1. The number of nitrogens with zero attached hydrogens (tertiary/aromatic N) is 4. The first-order valence-electron chi connectivity index (χ1n) is 8.21. The molecule has 7 nitrogen and oxygen atoms in total. The van der Waals surface area contributed by atoms with Gasteiger partial charge >= 0.3 is 12.2 Å². The van der Waals surface area contributed by atoms with E-state index in [9.17, 15) is 27.6 Å². The van der Waals surface area contributed by atoms with E-state index in [1.807, 2.05) is 4.90 Å².